The number of cyclic esters (lactones) is 1. The van der Waals surface area contributed by atoms with E-state index < -0.39 is 5.60 Å². The van der Waals surface area contributed by atoms with Crippen LogP contribution < -0.4 is 9.80 Å². The number of carbonyl (C=O) groups excluding carboxylic acids is 1. The second-order valence-corrected chi connectivity index (χ2v) is 9.29. The molecule has 2 heterocycles. The molecule has 4 rings (SSSR count). The smallest absolute Gasteiger partial charge is 0.340 e. The molecular formula is C30H37N3O2. The fraction of sp³-hybridized carbons (Fsp3) is 0.400. The molecule has 0 N–H and O–H groups in total. The molecule has 0 radical (unpaired) electrons. The number of anilines is 2. The zero-order valence-corrected chi connectivity index (χ0v) is 22.1. The number of aromatic nitrogens is 1. The maximum Gasteiger partial charge on any atom is 0.340 e. The summed E-state index contributed by atoms with van der Waals surface area (Å²) in [6.07, 6.45) is 1.82. The minimum Gasteiger partial charge on any atom is -0.440 e. The molecule has 1 aliphatic heterocycles. The molecule has 184 valence electrons. The molecular weight excluding hydrogens is 434 g/mol. The predicted molar refractivity (Wildman–Crippen MR) is 144 cm³/mol. The van der Waals surface area contributed by atoms with Gasteiger partial charge in [0, 0.05) is 66.1 Å². The number of nitrogens with zero attached hydrogens (tertiary/aromatic N) is 3. The van der Waals surface area contributed by atoms with Gasteiger partial charge in [0.15, 0.2) is 5.60 Å². The van der Waals surface area contributed by atoms with Gasteiger partial charge in [0.1, 0.15) is 0 Å². The molecule has 0 spiro atoms. The van der Waals surface area contributed by atoms with Crippen molar-refractivity contribution < 1.29 is 9.53 Å². The first kappa shape index (κ1) is 24.8. The van der Waals surface area contributed by atoms with Gasteiger partial charge >= 0.3 is 5.97 Å². The van der Waals surface area contributed by atoms with Crippen LogP contribution >= 0.6 is 0 Å². The van der Waals surface area contributed by atoms with Crippen molar-refractivity contribution >= 4 is 17.3 Å². The van der Waals surface area contributed by atoms with Gasteiger partial charge in [-0.2, -0.15) is 0 Å². The molecule has 35 heavy (non-hydrogen) atoms. The number of pyridine rings is 1. The van der Waals surface area contributed by atoms with Crippen LogP contribution in [0, 0.1) is 20.8 Å². The SMILES string of the molecule is CCN(CC)c1ccc(C2(c3ccc(N(CC)CC)cc3C)OC(=O)c3cc(C)ncc32)c(C)c1. The van der Waals surface area contributed by atoms with Crippen molar-refractivity contribution in [3.63, 3.8) is 0 Å². The van der Waals surface area contributed by atoms with Crippen LogP contribution in [0.5, 0.6) is 0 Å². The van der Waals surface area contributed by atoms with Gasteiger partial charge in [0.2, 0.25) is 0 Å². The number of carbonyl (C=O) groups is 1. The summed E-state index contributed by atoms with van der Waals surface area (Å²) in [7, 11) is 0. The van der Waals surface area contributed by atoms with E-state index in [-0.39, 0.29) is 5.97 Å². The quantitative estimate of drug-likeness (QED) is 0.368. The van der Waals surface area contributed by atoms with Crippen molar-refractivity contribution in [2.45, 2.75) is 54.1 Å². The highest BCUT2D eigenvalue weighted by Gasteiger charge is 2.50. The van der Waals surface area contributed by atoms with Crippen LogP contribution in [0.25, 0.3) is 0 Å². The molecule has 0 unspecified atom stereocenters. The predicted octanol–water partition coefficient (Wildman–Crippen LogP) is 6.16. The van der Waals surface area contributed by atoms with Gasteiger partial charge in [0.05, 0.1) is 5.56 Å². The number of fused-ring (bicyclic) bond motifs is 1. The molecule has 0 saturated heterocycles. The van der Waals surface area contributed by atoms with E-state index in [1.165, 1.54) is 11.4 Å². The maximum absolute atomic E-state index is 13.3. The lowest BCUT2D eigenvalue weighted by Crippen LogP contribution is -2.32. The van der Waals surface area contributed by atoms with E-state index in [9.17, 15) is 4.79 Å². The minimum atomic E-state index is -1.04. The van der Waals surface area contributed by atoms with Gasteiger partial charge < -0.3 is 14.5 Å². The van der Waals surface area contributed by atoms with Crippen LogP contribution in [0.15, 0.2) is 48.7 Å². The Morgan fingerprint density at radius 1 is 0.743 bits per heavy atom. The Kier molecular flexibility index (Phi) is 6.88. The molecule has 0 atom stereocenters. The molecule has 5 heteroatoms. The van der Waals surface area contributed by atoms with Crippen LogP contribution in [0.4, 0.5) is 11.4 Å². The topological polar surface area (TPSA) is 45.7 Å². The van der Waals surface area contributed by atoms with Gasteiger partial charge in [-0.1, -0.05) is 12.1 Å². The van der Waals surface area contributed by atoms with Gasteiger partial charge in [-0.05, 0) is 89.9 Å². The minimum absolute atomic E-state index is 0.301. The lowest BCUT2D eigenvalue weighted by atomic mass is 9.77. The van der Waals surface area contributed by atoms with Crippen LogP contribution in [-0.4, -0.2) is 37.1 Å². The molecule has 2 aromatic carbocycles. The van der Waals surface area contributed by atoms with E-state index >= 15 is 0 Å². The highest BCUT2D eigenvalue weighted by Crippen LogP contribution is 2.49. The van der Waals surface area contributed by atoms with Crippen molar-refractivity contribution in [3.8, 4) is 0 Å². The van der Waals surface area contributed by atoms with Crippen molar-refractivity contribution in [3.05, 3.63) is 87.7 Å². The zero-order chi connectivity index (χ0) is 25.3. The summed E-state index contributed by atoms with van der Waals surface area (Å²) in [6.45, 7) is 18.5. The first-order valence-corrected chi connectivity index (χ1v) is 12.7. The normalized spacial score (nSPS) is 14.0. The Balaban J connectivity index is 1.98. The third kappa shape index (κ3) is 4.07. The molecule has 0 fully saturated rings. The summed E-state index contributed by atoms with van der Waals surface area (Å²) < 4.78 is 6.41. The van der Waals surface area contributed by atoms with Crippen molar-refractivity contribution in [1.82, 2.24) is 4.98 Å². The monoisotopic (exact) mass is 471 g/mol. The Bertz CT molecular complexity index is 1180. The molecule has 3 aromatic rings. The number of ether oxygens (including phenoxy) is 1. The molecule has 5 nitrogen and oxygen atoms in total. The molecule has 1 aromatic heterocycles. The number of aryl methyl sites for hydroxylation is 3. The average Bonchev–Trinajstić information content (AvgIpc) is 3.13. The second kappa shape index (κ2) is 9.73. The van der Waals surface area contributed by atoms with Gasteiger partial charge in [-0.3, -0.25) is 4.98 Å². The second-order valence-electron chi connectivity index (χ2n) is 9.29. The van der Waals surface area contributed by atoms with Gasteiger partial charge in [-0.15, -0.1) is 0 Å². The molecule has 0 saturated carbocycles. The van der Waals surface area contributed by atoms with E-state index in [1.54, 1.807) is 0 Å². The Morgan fingerprint density at radius 2 is 1.23 bits per heavy atom. The first-order valence-electron chi connectivity index (χ1n) is 12.7. The van der Waals surface area contributed by atoms with Crippen LogP contribution in [-0.2, 0) is 10.3 Å². The fourth-order valence-corrected chi connectivity index (χ4v) is 5.46. The largest absolute Gasteiger partial charge is 0.440 e. The summed E-state index contributed by atoms with van der Waals surface area (Å²) in [4.78, 5) is 22.5. The summed E-state index contributed by atoms with van der Waals surface area (Å²) >= 11 is 0. The van der Waals surface area contributed by atoms with E-state index in [0.29, 0.717) is 5.56 Å². The van der Waals surface area contributed by atoms with Crippen molar-refractivity contribution in [2.24, 2.45) is 0 Å². The van der Waals surface area contributed by atoms with E-state index in [1.807, 2.05) is 19.2 Å². The zero-order valence-electron chi connectivity index (χ0n) is 22.1. The van der Waals surface area contributed by atoms with E-state index in [4.69, 9.17) is 4.74 Å². The van der Waals surface area contributed by atoms with Crippen LogP contribution in [0.2, 0.25) is 0 Å². The molecule has 0 bridgehead atoms. The van der Waals surface area contributed by atoms with Crippen molar-refractivity contribution in [1.29, 1.82) is 0 Å². The van der Waals surface area contributed by atoms with E-state index in [0.717, 1.165) is 59.7 Å². The van der Waals surface area contributed by atoms with E-state index in [2.05, 4.69) is 92.7 Å². The molecule has 0 aliphatic carbocycles. The third-order valence-electron chi connectivity index (χ3n) is 7.32. The number of benzene rings is 2. The number of esters is 1. The summed E-state index contributed by atoms with van der Waals surface area (Å²) in [6, 6.07) is 14.8. The van der Waals surface area contributed by atoms with Gasteiger partial charge in [0.25, 0.3) is 0 Å². The fourth-order valence-electron chi connectivity index (χ4n) is 5.46. The summed E-state index contributed by atoms with van der Waals surface area (Å²) in [5, 5.41) is 0. The third-order valence-corrected chi connectivity index (χ3v) is 7.32. The summed E-state index contributed by atoms with van der Waals surface area (Å²) in [5.74, 6) is -0.301. The van der Waals surface area contributed by atoms with Crippen molar-refractivity contribution in [2.75, 3.05) is 36.0 Å². The van der Waals surface area contributed by atoms with Crippen LogP contribution in [0.1, 0.15) is 71.6 Å². The van der Waals surface area contributed by atoms with Gasteiger partial charge in [-0.25, -0.2) is 4.79 Å². The highest BCUT2D eigenvalue weighted by atomic mass is 16.6. The average molecular weight is 472 g/mol. The highest BCUT2D eigenvalue weighted by molar-refractivity contribution is 5.96. The number of hydrogen-bond donors (Lipinski definition) is 0. The Morgan fingerprint density at radius 3 is 1.66 bits per heavy atom. The Labute approximate surface area is 209 Å². The lowest BCUT2D eigenvalue weighted by Gasteiger charge is -2.34. The Hall–Kier alpha value is -3.34. The number of hydrogen-bond acceptors (Lipinski definition) is 5. The number of rotatable bonds is 8. The van der Waals surface area contributed by atoms with Crippen LogP contribution in [0.3, 0.4) is 0 Å². The summed E-state index contributed by atoms with van der Waals surface area (Å²) in [5.41, 5.74) is 7.64. The molecule has 1 aliphatic rings. The lowest BCUT2D eigenvalue weighted by molar-refractivity contribution is 0.0248. The first-order chi connectivity index (χ1) is 16.8. The standard InChI is InChI=1S/C30H37N3O2/c1-8-32(9-2)23-12-14-26(20(5)16-23)30(28-19-31-22(7)18-25(28)29(34)35-30)27-15-13-24(17-21(27)6)33(10-3)11-4/h12-19H,8-11H2,1-7H3. The molecule has 0 amide bonds. The maximum atomic E-state index is 13.3.